The highest BCUT2D eigenvalue weighted by Gasteiger charge is 2.33. The molecule has 0 fully saturated rings. The molecule has 106 valence electrons. The third-order valence-corrected chi connectivity index (χ3v) is 3.00. The van der Waals surface area contributed by atoms with Gasteiger partial charge in [-0.25, -0.2) is 9.97 Å². The van der Waals surface area contributed by atoms with Gasteiger partial charge in [-0.2, -0.15) is 13.2 Å². The molecule has 1 N–H and O–H groups in total. The van der Waals surface area contributed by atoms with Crippen molar-refractivity contribution in [3.63, 3.8) is 0 Å². The molecular weight excluding hydrogens is 314 g/mol. The number of hydrogen-bond acceptors (Lipinski definition) is 3. The molecule has 0 aliphatic heterocycles. The van der Waals surface area contributed by atoms with Crippen LogP contribution in [0.15, 0.2) is 24.3 Å². The lowest BCUT2D eigenvalue weighted by molar-refractivity contribution is -0.141. The number of hydrogen-bond donors (Lipinski definition) is 1. The van der Waals surface area contributed by atoms with E-state index in [4.69, 9.17) is 23.2 Å². The topological polar surface area (TPSA) is 37.8 Å². The molecule has 1 aromatic carbocycles. The van der Waals surface area contributed by atoms with E-state index in [-0.39, 0.29) is 16.7 Å². The number of benzene rings is 1. The molecule has 2 rings (SSSR count). The number of anilines is 1. The average molecular weight is 322 g/mol. The Morgan fingerprint density at radius 3 is 2.35 bits per heavy atom. The third-order valence-electron chi connectivity index (χ3n) is 2.45. The van der Waals surface area contributed by atoms with Crippen molar-refractivity contribution >= 4 is 29.2 Å². The maximum Gasteiger partial charge on any atom is 0.433 e. The van der Waals surface area contributed by atoms with E-state index in [0.29, 0.717) is 10.6 Å². The van der Waals surface area contributed by atoms with Crippen molar-refractivity contribution in [2.45, 2.75) is 6.18 Å². The van der Waals surface area contributed by atoms with Crippen LogP contribution in [0.1, 0.15) is 5.69 Å². The Hall–Kier alpha value is -1.53. The highest BCUT2D eigenvalue weighted by Crippen LogP contribution is 2.34. The van der Waals surface area contributed by atoms with Gasteiger partial charge < -0.3 is 5.32 Å². The minimum absolute atomic E-state index is 0.0679. The van der Waals surface area contributed by atoms with Gasteiger partial charge in [0.2, 0.25) is 5.95 Å². The number of aromatic nitrogens is 2. The van der Waals surface area contributed by atoms with Crippen molar-refractivity contribution in [1.82, 2.24) is 9.97 Å². The van der Waals surface area contributed by atoms with E-state index in [1.807, 2.05) is 0 Å². The molecule has 0 aliphatic carbocycles. The van der Waals surface area contributed by atoms with Crippen LogP contribution in [0.3, 0.4) is 0 Å². The number of nitrogens with one attached hydrogen (secondary N) is 1. The molecule has 0 amide bonds. The molecule has 0 radical (unpaired) electrons. The van der Waals surface area contributed by atoms with Gasteiger partial charge in [-0.3, -0.25) is 0 Å². The van der Waals surface area contributed by atoms with Crippen molar-refractivity contribution in [3.8, 4) is 11.3 Å². The van der Waals surface area contributed by atoms with E-state index in [1.54, 1.807) is 0 Å². The van der Waals surface area contributed by atoms with E-state index in [9.17, 15) is 13.2 Å². The maximum absolute atomic E-state index is 12.8. The Kier molecular flexibility index (Phi) is 4.06. The molecule has 0 bridgehead atoms. The molecule has 1 heterocycles. The summed E-state index contributed by atoms with van der Waals surface area (Å²) in [4.78, 5) is 7.36. The summed E-state index contributed by atoms with van der Waals surface area (Å²) in [6, 6.07) is 5.31. The lowest BCUT2D eigenvalue weighted by Crippen LogP contribution is -2.11. The first-order valence-corrected chi connectivity index (χ1v) is 6.16. The summed E-state index contributed by atoms with van der Waals surface area (Å²) in [7, 11) is 1.43. The normalized spacial score (nSPS) is 11.5. The average Bonchev–Trinajstić information content (AvgIpc) is 2.37. The van der Waals surface area contributed by atoms with Gasteiger partial charge in [0.15, 0.2) is 5.69 Å². The van der Waals surface area contributed by atoms with Crippen molar-refractivity contribution < 1.29 is 13.2 Å². The maximum atomic E-state index is 12.8. The van der Waals surface area contributed by atoms with Gasteiger partial charge in [-0.05, 0) is 24.3 Å². The van der Waals surface area contributed by atoms with Crippen LogP contribution in [0.25, 0.3) is 11.3 Å². The predicted molar refractivity (Wildman–Crippen MR) is 72.0 cm³/mol. The summed E-state index contributed by atoms with van der Waals surface area (Å²) >= 11 is 11.7. The van der Waals surface area contributed by atoms with Crippen molar-refractivity contribution in [1.29, 1.82) is 0 Å². The number of alkyl halides is 3. The van der Waals surface area contributed by atoms with Crippen LogP contribution in [-0.4, -0.2) is 17.0 Å². The second kappa shape index (κ2) is 5.46. The standard InChI is InChI=1S/C12H8Cl2F3N3/c1-18-11-19-9(5-10(20-11)12(15,16)17)7-3-2-6(13)4-8(7)14/h2-5H,1H3,(H,18,19,20). The van der Waals surface area contributed by atoms with Gasteiger partial charge in [0.05, 0.1) is 10.7 Å². The second-order valence-corrected chi connectivity index (χ2v) is 4.68. The molecule has 0 aliphatic rings. The zero-order chi connectivity index (χ0) is 14.9. The lowest BCUT2D eigenvalue weighted by atomic mass is 10.1. The first-order chi connectivity index (χ1) is 9.31. The highest BCUT2D eigenvalue weighted by molar-refractivity contribution is 6.36. The Morgan fingerprint density at radius 1 is 1.10 bits per heavy atom. The molecule has 0 atom stereocenters. The molecule has 3 nitrogen and oxygen atoms in total. The van der Waals surface area contributed by atoms with Gasteiger partial charge in [-0.1, -0.05) is 23.2 Å². The van der Waals surface area contributed by atoms with Crippen LogP contribution in [0.4, 0.5) is 19.1 Å². The monoisotopic (exact) mass is 321 g/mol. The van der Waals surface area contributed by atoms with Crippen LogP contribution in [0.5, 0.6) is 0 Å². The fourth-order valence-corrected chi connectivity index (χ4v) is 2.04. The molecule has 20 heavy (non-hydrogen) atoms. The summed E-state index contributed by atoms with van der Waals surface area (Å²) in [6.45, 7) is 0. The number of rotatable bonds is 2. The van der Waals surface area contributed by atoms with Gasteiger partial charge in [0, 0.05) is 17.6 Å². The molecule has 0 unspecified atom stereocenters. The van der Waals surface area contributed by atoms with E-state index >= 15 is 0 Å². The summed E-state index contributed by atoms with van der Waals surface area (Å²) < 4.78 is 38.4. The predicted octanol–water partition coefficient (Wildman–Crippen LogP) is 4.51. The van der Waals surface area contributed by atoms with Crippen LogP contribution >= 0.6 is 23.2 Å². The summed E-state index contributed by atoms with van der Waals surface area (Å²) in [5.41, 5.74) is -0.628. The van der Waals surface area contributed by atoms with E-state index in [1.165, 1.54) is 25.2 Å². The second-order valence-electron chi connectivity index (χ2n) is 3.83. The minimum atomic E-state index is -4.57. The van der Waals surface area contributed by atoms with E-state index in [2.05, 4.69) is 15.3 Å². The van der Waals surface area contributed by atoms with Gasteiger partial charge in [0.25, 0.3) is 0 Å². The van der Waals surface area contributed by atoms with E-state index < -0.39 is 11.9 Å². The molecule has 0 spiro atoms. The molecule has 0 saturated heterocycles. The van der Waals surface area contributed by atoms with E-state index in [0.717, 1.165) is 6.07 Å². The molecule has 1 aromatic heterocycles. The Labute approximate surface area is 122 Å². The fourth-order valence-electron chi connectivity index (χ4n) is 1.54. The largest absolute Gasteiger partial charge is 0.433 e. The third kappa shape index (κ3) is 3.13. The Bertz CT molecular complexity index is 644. The van der Waals surface area contributed by atoms with Crippen LogP contribution in [0.2, 0.25) is 10.0 Å². The first kappa shape index (κ1) is 14.9. The quantitative estimate of drug-likeness (QED) is 0.884. The highest BCUT2D eigenvalue weighted by atomic mass is 35.5. The zero-order valence-electron chi connectivity index (χ0n) is 10.1. The van der Waals surface area contributed by atoms with Crippen molar-refractivity contribution in [2.24, 2.45) is 0 Å². The van der Waals surface area contributed by atoms with Crippen LogP contribution in [0, 0.1) is 0 Å². The fraction of sp³-hybridized carbons (Fsp3) is 0.167. The smallest absolute Gasteiger partial charge is 0.357 e. The van der Waals surface area contributed by atoms with Gasteiger partial charge in [0.1, 0.15) is 0 Å². The van der Waals surface area contributed by atoms with Crippen molar-refractivity contribution in [2.75, 3.05) is 12.4 Å². The molecular formula is C12H8Cl2F3N3. The number of halogens is 5. The Balaban J connectivity index is 2.61. The molecule has 0 saturated carbocycles. The number of nitrogens with zero attached hydrogens (tertiary/aromatic N) is 2. The summed E-state index contributed by atoms with van der Waals surface area (Å²) in [5, 5.41) is 3.09. The lowest BCUT2D eigenvalue weighted by Gasteiger charge is -2.11. The Morgan fingerprint density at radius 2 is 1.80 bits per heavy atom. The first-order valence-electron chi connectivity index (χ1n) is 5.40. The van der Waals surface area contributed by atoms with Gasteiger partial charge >= 0.3 is 6.18 Å². The molecule has 8 heteroatoms. The zero-order valence-corrected chi connectivity index (χ0v) is 11.6. The van der Waals surface area contributed by atoms with Crippen LogP contribution in [-0.2, 0) is 6.18 Å². The van der Waals surface area contributed by atoms with Gasteiger partial charge in [-0.15, -0.1) is 0 Å². The SMILES string of the molecule is CNc1nc(-c2ccc(Cl)cc2Cl)cc(C(F)(F)F)n1. The minimum Gasteiger partial charge on any atom is -0.357 e. The molecule has 2 aromatic rings. The summed E-state index contributed by atoms with van der Waals surface area (Å²) in [5.74, 6) is -0.138. The summed E-state index contributed by atoms with van der Waals surface area (Å²) in [6.07, 6.45) is -4.57. The van der Waals surface area contributed by atoms with Crippen LogP contribution < -0.4 is 5.32 Å². The van der Waals surface area contributed by atoms with Crippen molar-refractivity contribution in [3.05, 3.63) is 40.0 Å².